The van der Waals surface area contributed by atoms with Gasteiger partial charge in [0.25, 0.3) is 0 Å². The Hall–Kier alpha value is -1.09. The summed E-state index contributed by atoms with van der Waals surface area (Å²) < 4.78 is 12.1. The van der Waals surface area contributed by atoms with Gasteiger partial charge in [-0.1, -0.05) is 20.8 Å². The number of aromatic nitrogens is 1. The summed E-state index contributed by atoms with van der Waals surface area (Å²) in [5, 5.41) is 6.91. The van der Waals surface area contributed by atoms with Crippen LogP contribution in [-0.2, 0) is 11.3 Å². The van der Waals surface area contributed by atoms with E-state index in [9.17, 15) is 0 Å². The van der Waals surface area contributed by atoms with Gasteiger partial charge < -0.3 is 20.1 Å². The predicted octanol–water partition coefficient (Wildman–Crippen LogP) is 4.53. The van der Waals surface area contributed by atoms with Crippen molar-refractivity contribution in [3.8, 4) is 5.88 Å². The van der Waals surface area contributed by atoms with E-state index in [-0.39, 0.29) is 35.5 Å². The number of nitrogens with one attached hydrogen (secondary N) is 2. The molecule has 0 radical (unpaired) electrons. The summed E-state index contributed by atoms with van der Waals surface area (Å²) in [7, 11) is 1.81. The lowest BCUT2D eigenvalue weighted by Gasteiger charge is -2.40. The van der Waals surface area contributed by atoms with Crippen LogP contribution in [0.2, 0.25) is 0 Å². The molecule has 0 aromatic carbocycles. The average Bonchev–Trinajstić information content (AvgIpc) is 3.21. The molecule has 0 spiro atoms. The van der Waals surface area contributed by atoms with Crippen molar-refractivity contribution in [2.45, 2.75) is 78.0 Å². The Morgan fingerprint density at radius 1 is 1.20 bits per heavy atom. The van der Waals surface area contributed by atoms with E-state index in [1.54, 1.807) is 0 Å². The number of ether oxygens (including phenoxy) is 2. The molecule has 170 valence electrons. The van der Waals surface area contributed by atoms with Crippen molar-refractivity contribution in [3.63, 3.8) is 0 Å². The third-order valence-corrected chi connectivity index (χ3v) is 5.90. The second kappa shape index (κ2) is 12.1. The Labute approximate surface area is 199 Å². The van der Waals surface area contributed by atoms with Crippen LogP contribution in [0.5, 0.6) is 5.88 Å². The van der Waals surface area contributed by atoms with Crippen LogP contribution >= 0.6 is 24.0 Å². The first-order valence-corrected chi connectivity index (χ1v) is 11.1. The highest BCUT2D eigenvalue weighted by atomic mass is 127. The minimum absolute atomic E-state index is 0. The highest BCUT2D eigenvalue weighted by Crippen LogP contribution is 2.33. The minimum atomic E-state index is 0. The SMILES string of the molecule is CN=C(NCc1ccnc(OC2CCCC2)c1)NCC1CCCOC1C(C)(C)C.I. The van der Waals surface area contributed by atoms with Gasteiger partial charge in [-0.15, -0.1) is 24.0 Å². The summed E-state index contributed by atoms with van der Waals surface area (Å²) in [6.45, 7) is 9.22. The summed E-state index contributed by atoms with van der Waals surface area (Å²) >= 11 is 0. The van der Waals surface area contributed by atoms with Crippen molar-refractivity contribution in [2.75, 3.05) is 20.2 Å². The largest absolute Gasteiger partial charge is 0.474 e. The van der Waals surface area contributed by atoms with E-state index in [4.69, 9.17) is 9.47 Å². The molecule has 0 amide bonds. The summed E-state index contributed by atoms with van der Waals surface area (Å²) in [6.07, 6.45) is 9.55. The predicted molar refractivity (Wildman–Crippen MR) is 133 cm³/mol. The molecule has 2 unspecified atom stereocenters. The van der Waals surface area contributed by atoms with Gasteiger partial charge >= 0.3 is 0 Å². The van der Waals surface area contributed by atoms with Gasteiger partial charge in [-0.25, -0.2) is 4.98 Å². The Balaban J connectivity index is 0.00000320. The number of nitrogens with zero attached hydrogens (tertiary/aromatic N) is 2. The standard InChI is InChI=1S/C23H38N4O2.HI/c1-23(2,3)21-18(8-7-13-28-21)16-27-22(24-4)26-15-17-11-12-25-20(14-17)29-19-9-5-6-10-19;/h11-12,14,18-19,21H,5-10,13,15-16H2,1-4H3,(H2,24,26,27);1H. The van der Waals surface area contributed by atoms with E-state index in [1.165, 1.54) is 19.3 Å². The molecular formula is C23H39IN4O2. The molecule has 1 aliphatic heterocycles. The Morgan fingerprint density at radius 3 is 2.67 bits per heavy atom. The van der Waals surface area contributed by atoms with Crippen LogP contribution in [0.3, 0.4) is 0 Å². The topological polar surface area (TPSA) is 67.8 Å². The number of pyridine rings is 1. The van der Waals surface area contributed by atoms with Crippen LogP contribution in [0, 0.1) is 11.3 Å². The molecule has 2 fully saturated rings. The van der Waals surface area contributed by atoms with E-state index < -0.39 is 0 Å². The maximum atomic E-state index is 6.10. The molecular weight excluding hydrogens is 491 g/mol. The molecule has 0 bridgehead atoms. The van der Waals surface area contributed by atoms with Gasteiger partial charge in [0.15, 0.2) is 5.96 Å². The monoisotopic (exact) mass is 530 g/mol. The number of aliphatic imine (C=N–C) groups is 1. The number of guanidine groups is 1. The zero-order valence-corrected chi connectivity index (χ0v) is 21.3. The first-order chi connectivity index (χ1) is 14.0. The number of hydrogen-bond acceptors (Lipinski definition) is 4. The molecule has 30 heavy (non-hydrogen) atoms. The van der Waals surface area contributed by atoms with Crippen LogP contribution in [0.4, 0.5) is 0 Å². The van der Waals surface area contributed by atoms with Crippen LogP contribution in [-0.4, -0.2) is 43.4 Å². The second-order valence-corrected chi connectivity index (χ2v) is 9.39. The van der Waals surface area contributed by atoms with Crippen molar-refractivity contribution < 1.29 is 9.47 Å². The molecule has 2 aliphatic rings. The average molecular weight is 530 g/mol. The van der Waals surface area contributed by atoms with Crippen LogP contribution < -0.4 is 15.4 Å². The van der Waals surface area contributed by atoms with E-state index in [2.05, 4.69) is 41.4 Å². The van der Waals surface area contributed by atoms with Gasteiger partial charge in [0.05, 0.1) is 6.10 Å². The Bertz CT molecular complexity index is 671. The molecule has 7 heteroatoms. The lowest BCUT2D eigenvalue weighted by Crippen LogP contribution is -2.47. The summed E-state index contributed by atoms with van der Waals surface area (Å²) in [6, 6.07) is 4.05. The van der Waals surface area contributed by atoms with Crippen LogP contribution in [0.25, 0.3) is 0 Å². The van der Waals surface area contributed by atoms with E-state index in [0.29, 0.717) is 18.6 Å². The summed E-state index contributed by atoms with van der Waals surface area (Å²) in [5.74, 6) is 2.04. The quantitative estimate of drug-likeness (QED) is 0.322. The van der Waals surface area contributed by atoms with Gasteiger partial charge in [0, 0.05) is 44.9 Å². The molecule has 1 saturated carbocycles. The fourth-order valence-electron chi connectivity index (χ4n) is 4.45. The first-order valence-electron chi connectivity index (χ1n) is 11.1. The molecule has 3 rings (SSSR count). The van der Waals surface area contributed by atoms with Crippen molar-refractivity contribution in [1.82, 2.24) is 15.6 Å². The molecule has 6 nitrogen and oxygen atoms in total. The lowest BCUT2D eigenvalue weighted by molar-refractivity contribution is -0.0835. The fourth-order valence-corrected chi connectivity index (χ4v) is 4.45. The van der Waals surface area contributed by atoms with Gasteiger partial charge in [-0.2, -0.15) is 0 Å². The van der Waals surface area contributed by atoms with Crippen molar-refractivity contribution in [3.05, 3.63) is 23.9 Å². The van der Waals surface area contributed by atoms with Gasteiger partial charge in [0.2, 0.25) is 5.88 Å². The van der Waals surface area contributed by atoms with Crippen molar-refractivity contribution in [1.29, 1.82) is 0 Å². The van der Waals surface area contributed by atoms with E-state index in [0.717, 1.165) is 49.8 Å². The maximum Gasteiger partial charge on any atom is 0.213 e. The number of hydrogen-bond donors (Lipinski definition) is 2. The molecule has 1 aliphatic carbocycles. The van der Waals surface area contributed by atoms with Crippen molar-refractivity contribution >= 4 is 29.9 Å². The molecule has 2 atom stereocenters. The first kappa shape index (κ1) is 25.2. The zero-order valence-electron chi connectivity index (χ0n) is 18.9. The molecule has 1 aromatic rings. The number of halogens is 1. The zero-order chi connectivity index (χ0) is 20.7. The molecule has 1 aromatic heterocycles. The molecule has 1 saturated heterocycles. The summed E-state index contributed by atoms with van der Waals surface area (Å²) in [4.78, 5) is 8.76. The Morgan fingerprint density at radius 2 is 1.97 bits per heavy atom. The van der Waals surface area contributed by atoms with Gasteiger partial charge in [0.1, 0.15) is 6.10 Å². The molecule has 2 heterocycles. The van der Waals surface area contributed by atoms with Gasteiger partial charge in [-0.3, -0.25) is 4.99 Å². The highest BCUT2D eigenvalue weighted by Gasteiger charge is 2.35. The lowest BCUT2D eigenvalue weighted by atomic mass is 9.78. The third kappa shape index (κ3) is 7.55. The maximum absolute atomic E-state index is 6.10. The highest BCUT2D eigenvalue weighted by molar-refractivity contribution is 14.0. The smallest absolute Gasteiger partial charge is 0.213 e. The fraction of sp³-hybridized carbons (Fsp3) is 0.739. The number of rotatable bonds is 6. The van der Waals surface area contributed by atoms with E-state index >= 15 is 0 Å². The minimum Gasteiger partial charge on any atom is -0.474 e. The normalized spacial score (nSPS) is 23.0. The van der Waals surface area contributed by atoms with Crippen LogP contribution in [0.15, 0.2) is 23.3 Å². The summed E-state index contributed by atoms with van der Waals surface area (Å²) in [5.41, 5.74) is 1.29. The molecule has 2 N–H and O–H groups in total. The Kier molecular flexibility index (Phi) is 10.1. The van der Waals surface area contributed by atoms with Crippen LogP contribution in [0.1, 0.15) is 64.9 Å². The van der Waals surface area contributed by atoms with Crippen molar-refractivity contribution in [2.24, 2.45) is 16.3 Å². The second-order valence-electron chi connectivity index (χ2n) is 9.39. The van der Waals surface area contributed by atoms with Gasteiger partial charge in [-0.05, 0) is 55.6 Å². The third-order valence-electron chi connectivity index (χ3n) is 5.90. The van der Waals surface area contributed by atoms with E-state index in [1.807, 2.05) is 25.4 Å².